The molecule has 1 spiro atoms. The topological polar surface area (TPSA) is 15.3 Å². The van der Waals surface area contributed by atoms with Gasteiger partial charge in [0.25, 0.3) is 0 Å². The highest BCUT2D eigenvalue weighted by Crippen LogP contribution is 2.46. The average molecular weight is 331 g/mol. The molecule has 1 N–H and O–H groups in total. The Balaban J connectivity index is 1.55. The molecule has 0 bridgehead atoms. The molecule has 3 heteroatoms. The van der Waals surface area contributed by atoms with E-state index in [1.54, 1.807) is 11.1 Å². The van der Waals surface area contributed by atoms with E-state index in [0.717, 1.165) is 6.42 Å². The molecule has 1 aromatic rings. The van der Waals surface area contributed by atoms with Crippen LogP contribution >= 0.6 is 12.6 Å². The molecule has 1 unspecified atom stereocenters. The van der Waals surface area contributed by atoms with E-state index in [0.29, 0.717) is 11.3 Å². The molecule has 1 aromatic carbocycles. The van der Waals surface area contributed by atoms with Gasteiger partial charge in [-0.05, 0) is 73.1 Å². The average Bonchev–Trinajstić information content (AvgIpc) is 2.94. The first-order valence-corrected chi connectivity index (χ1v) is 9.50. The molecule has 3 rings (SSSR count). The SMILES string of the molecule is CN/C(=C\S)CC(C)CN1CCC2(CCc3ccccc32)CC1. The highest BCUT2D eigenvalue weighted by molar-refractivity contribution is 7.83. The van der Waals surface area contributed by atoms with Gasteiger partial charge < -0.3 is 10.2 Å². The van der Waals surface area contributed by atoms with Crippen molar-refractivity contribution in [3.8, 4) is 0 Å². The normalized spacial score (nSPS) is 22.1. The lowest BCUT2D eigenvalue weighted by molar-refractivity contribution is 0.142. The van der Waals surface area contributed by atoms with E-state index in [2.05, 4.69) is 54.0 Å². The number of rotatable bonds is 5. The lowest BCUT2D eigenvalue weighted by atomic mass is 9.74. The quantitative estimate of drug-likeness (QED) is 0.794. The van der Waals surface area contributed by atoms with Crippen LogP contribution < -0.4 is 5.32 Å². The molecule has 0 aromatic heterocycles. The van der Waals surface area contributed by atoms with Crippen LogP contribution in [-0.2, 0) is 11.8 Å². The van der Waals surface area contributed by atoms with Crippen LogP contribution in [0.4, 0.5) is 0 Å². The molecular formula is C20H30N2S. The lowest BCUT2D eigenvalue weighted by Crippen LogP contribution is -2.43. The molecular weight excluding hydrogens is 300 g/mol. The largest absolute Gasteiger partial charge is 0.391 e. The van der Waals surface area contributed by atoms with Crippen molar-refractivity contribution in [1.82, 2.24) is 10.2 Å². The highest BCUT2D eigenvalue weighted by atomic mass is 32.1. The minimum Gasteiger partial charge on any atom is -0.391 e. The Morgan fingerprint density at radius 1 is 1.30 bits per heavy atom. The summed E-state index contributed by atoms with van der Waals surface area (Å²) in [5.74, 6) is 0.672. The van der Waals surface area contributed by atoms with Gasteiger partial charge in [0.2, 0.25) is 0 Å². The zero-order valence-corrected chi connectivity index (χ0v) is 15.4. The van der Waals surface area contributed by atoms with Gasteiger partial charge in [0.05, 0.1) is 0 Å². The van der Waals surface area contributed by atoms with Crippen molar-refractivity contribution in [1.29, 1.82) is 0 Å². The van der Waals surface area contributed by atoms with Crippen LogP contribution in [0.1, 0.15) is 43.7 Å². The van der Waals surface area contributed by atoms with Gasteiger partial charge in [0, 0.05) is 19.3 Å². The highest BCUT2D eigenvalue weighted by Gasteiger charge is 2.40. The third-order valence-corrected chi connectivity index (χ3v) is 6.20. The van der Waals surface area contributed by atoms with Crippen LogP contribution in [0.5, 0.6) is 0 Å². The zero-order chi connectivity index (χ0) is 16.3. The number of nitrogens with one attached hydrogen (secondary N) is 1. The fourth-order valence-corrected chi connectivity index (χ4v) is 4.78. The second-order valence-electron chi connectivity index (χ2n) is 7.45. The van der Waals surface area contributed by atoms with Crippen molar-refractivity contribution in [3.63, 3.8) is 0 Å². The predicted molar refractivity (Wildman–Crippen MR) is 102 cm³/mol. The maximum absolute atomic E-state index is 4.28. The van der Waals surface area contributed by atoms with Gasteiger partial charge in [-0.1, -0.05) is 31.2 Å². The molecule has 1 aliphatic heterocycles. The van der Waals surface area contributed by atoms with Crippen molar-refractivity contribution < 1.29 is 0 Å². The molecule has 2 aliphatic rings. The number of hydrogen-bond acceptors (Lipinski definition) is 3. The molecule has 0 radical (unpaired) electrons. The fourth-order valence-electron chi connectivity index (χ4n) is 4.55. The number of aryl methyl sites for hydroxylation is 1. The monoisotopic (exact) mass is 330 g/mol. The second-order valence-corrected chi connectivity index (χ2v) is 7.71. The maximum Gasteiger partial charge on any atom is 0.0168 e. The third kappa shape index (κ3) is 3.61. The number of likely N-dealkylation sites (tertiary alicyclic amines) is 1. The number of fused-ring (bicyclic) bond motifs is 2. The van der Waals surface area contributed by atoms with Gasteiger partial charge in [-0.2, -0.15) is 0 Å². The summed E-state index contributed by atoms with van der Waals surface area (Å²) in [5, 5.41) is 5.14. The van der Waals surface area contributed by atoms with Crippen molar-refractivity contribution >= 4 is 12.6 Å². The Bertz CT molecular complexity index is 559. The van der Waals surface area contributed by atoms with E-state index in [-0.39, 0.29) is 0 Å². The summed E-state index contributed by atoms with van der Waals surface area (Å²) in [6.45, 7) is 6.05. The summed E-state index contributed by atoms with van der Waals surface area (Å²) in [5.41, 5.74) is 4.98. The summed E-state index contributed by atoms with van der Waals surface area (Å²) < 4.78 is 0. The van der Waals surface area contributed by atoms with Crippen molar-refractivity contribution in [3.05, 3.63) is 46.5 Å². The Hall–Kier alpha value is -0.930. The molecule has 1 aliphatic carbocycles. The van der Waals surface area contributed by atoms with E-state index in [9.17, 15) is 0 Å². The number of piperidine rings is 1. The number of hydrogen-bond donors (Lipinski definition) is 2. The standard InChI is InChI=1S/C20H30N2S/c1-16(13-18(15-23)21-2)14-22-11-9-20(10-12-22)8-7-17-5-3-4-6-19(17)20/h3-6,15-16,21,23H,7-14H2,1-2H3/b18-15-. The summed E-state index contributed by atoms with van der Waals surface area (Å²) in [4.78, 5) is 2.67. The first-order valence-electron chi connectivity index (χ1n) is 8.98. The van der Waals surface area contributed by atoms with Crippen molar-refractivity contribution in [2.75, 3.05) is 26.7 Å². The smallest absolute Gasteiger partial charge is 0.0168 e. The van der Waals surface area contributed by atoms with E-state index in [4.69, 9.17) is 0 Å². The summed E-state index contributed by atoms with van der Waals surface area (Å²) >= 11 is 4.28. The number of thiol groups is 1. The first kappa shape index (κ1) is 16.9. The van der Waals surface area contributed by atoms with Crippen LogP contribution in [-0.4, -0.2) is 31.6 Å². The molecule has 2 nitrogen and oxygen atoms in total. The maximum atomic E-state index is 4.28. The van der Waals surface area contributed by atoms with E-state index in [1.165, 1.54) is 51.0 Å². The summed E-state index contributed by atoms with van der Waals surface area (Å²) in [6, 6.07) is 9.14. The Labute approximate surface area is 146 Å². The van der Waals surface area contributed by atoms with Gasteiger partial charge in [-0.15, -0.1) is 12.6 Å². The number of nitrogens with zero attached hydrogens (tertiary/aromatic N) is 1. The van der Waals surface area contributed by atoms with Gasteiger partial charge in [-0.3, -0.25) is 0 Å². The van der Waals surface area contributed by atoms with Crippen LogP contribution in [0.25, 0.3) is 0 Å². The summed E-state index contributed by atoms with van der Waals surface area (Å²) in [7, 11) is 1.98. The molecule has 1 saturated heterocycles. The van der Waals surface area contributed by atoms with Gasteiger partial charge in [0.15, 0.2) is 0 Å². The summed E-state index contributed by atoms with van der Waals surface area (Å²) in [6.07, 6.45) is 6.40. The lowest BCUT2D eigenvalue weighted by Gasteiger charge is -2.41. The Morgan fingerprint density at radius 2 is 2.04 bits per heavy atom. The van der Waals surface area contributed by atoms with Crippen LogP contribution in [0.2, 0.25) is 0 Å². The second kappa shape index (κ2) is 7.31. The van der Waals surface area contributed by atoms with Gasteiger partial charge in [0.1, 0.15) is 0 Å². The van der Waals surface area contributed by atoms with Crippen LogP contribution in [0, 0.1) is 5.92 Å². The third-order valence-electron chi connectivity index (χ3n) is 5.89. The van der Waals surface area contributed by atoms with Crippen LogP contribution in [0.3, 0.4) is 0 Å². The van der Waals surface area contributed by atoms with E-state index < -0.39 is 0 Å². The van der Waals surface area contributed by atoms with Crippen LogP contribution in [0.15, 0.2) is 35.4 Å². The minimum absolute atomic E-state index is 0.484. The Kier molecular flexibility index (Phi) is 5.38. The zero-order valence-electron chi connectivity index (χ0n) is 14.5. The van der Waals surface area contributed by atoms with E-state index >= 15 is 0 Å². The van der Waals surface area contributed by atoms with Gasteiger partial charge >= 0.3 is 0 Å². The molecule has 1 fully saturated rings. The fraction of sp³-hybridized carbons (Fsp3) is 0.600. The number of allylic oxidation sites excluding steroid dienone is 1. The molecule has 1 heterocycles. The predicted octanol–water partition coefficient (Wildman–Crippen LogP) is 3.98. The number of benzene rings is 1. The van der Waals surface area contributed by atoms with E-state index in [1.807, 2.05) is 12.5 Å². The first-order chi connectivity index (χ1) is 11.2. The van der Waals surface area contributed by atoms with Crippen molar-refractivity contribution in [2.24, 2.45) is 5.92 Å². The molecule has 1 atom stereocenters. The molecule has 0 amide bonds. The molecule has 23 heavy (non-hydrogen) atoms. The van der Waals surface area contributed by atoms with Gasteiger partial charge in [-0.25, -0.2) is 0 Å². The minimum atomic E-state index is 0.484. The molecule has 126 valence electrons. The van der Waals surface area contributed by atoms with Crippen molar-refractivity contribution in [2.45, 2.75) is 44.4 Å². The Morgan fingerprint density at radius 3 is 2.74 bits per heavy atom. The molecule has 0 saturated carbocycles.